The van der Waals surface area contributed by atoms with Crippen molar-refractivity contribution in [3.8, 4) is 11.8 Å². The summed E-state index contributed by atoms with van der Waals surface area (Å²) in [5.41, 5.74) is 0.167. The molecule has 0 saturated heterocycles. The lowest BCUT2D eigenvalue weighted by molar-refractivity contribution is -0.384. The zero-order chi connectivity index (χ0) is 14.5. The SMILES string of the molecule is CNC(C)(C#N)CCOc1cc([N+](=O)[O-])ccc1C. The van der Waals surface area contributed by atoms with Gasteiger partial charge in [0.1, 0.15) is 11.3 Å². The summed E-state index contributed by atoms with van der Waals surface area (Å²) in [6.07, 6.45) is 0.488. The van der Waals surface area contributed by atoms with Crippen molar-refractivity contribution in [1.29, 1.82) is 5.26 Å². The predicted octanol–water partition coefficient (Wildman–Crippen LogP) is 2.17. The molecule has 1 N–H and O–H groups in total. The number of nitrogens with one attached hydrogen (secondary N) is 1. The fraction of sp³-hybridized carbons (Fsp3) is 0.462. The molecule has 19 heavy (non-hydrogen) atoms. The quantitative estimate of drug-likeness (QED) is 0.627. The number of hydrogen-bond donors (Lipinski definition) is 1. The van der Waals surface area contributed by atoms with Crippen molar-refractivity contribution < 1.29 is 9.66 Å². The zero-order valence-corrected chi connectivity index (χ0v) is 11.3. The van der Waals surface area contributed by atoms with Crippen LogP contribution < -0.4 is 10.1 Å². The Morgan fingerprint density at radius 3 is 2.79 bits per heavy atom. The lowest BCUT2D eigenvalue weighted by Gasteiger charge is -2.20. The molecule has 0 aromatic heterocycles. The summed E-state index contributed by atoms with van der Waals surface area (Å²) in [6.45, 7) is 3.91. The first kappa shape index (κ1) is 14.9. The maximum absolute atomic E-state index is 10.7. The molecule has 1 rings (SSSR count). The number of rotatable bonds is 6. The van der Waals surface area contributed by atoms with Gasteiger partial charge in [-0.05, 0) is 32.5 Å². The molecule has 6 nitrogen and oxygen atoms in total. The van der Waals surface area contributed by atoms with Crippen LogP contribution in [0.4, 0.5) is 5.69 Å². The topological polar surface area (TPSA) is 88.2 Å². The Labute approximate surface area is 112 Å². The third-order valence-electron chi connectivity index (χ3n) is 3.04. The highest BCUT2D eigenvalue weighted by atomic mass is 16.6. The largest absolute Gasteiger partial charge is 0.493 e. The van der Waals surface area contributed by atoms with Crippen LogP contribution in [0.1, 0.15) is 18.9 Å². The van der Waals surface area contributed by atoms with Gasteiger partial charge in [0.25, 0.3) is 5.69 Å². The molecule has 1 atom stereocenters. The minimum absolute atomic E-state index is 0.00254. The van der Waals surface area contributed by atoms with Crippen molar-refractivity contribution in [1.82, 2.24) is 5.32 Å². The van der Waals surface area contributed by atoms with Crippen molar-refractivity contribution in [2.75, 3.05) is 13.7 Å². The van der Waals surface area contributed by atoms with E-state index in [4.69, 9.17) is 10.00 Å². The van der Waals surface area contributed by atoms with Crippen LogP contribution in [0, 0.1) is 28.4 Å². The highest BCUT2D eigenvalue weighted by Crippen LogP contribution is 2.24. The Kier molecular flexibility index (Phi) is 4.84. The van der Waals surface area contributed by atoms with Crippen molar-refractivity contribution in [2.24, 2.45) is 0 Å². The van der Waals surface area contributed by atoms with E-state index in [1.165, 1.54) is 12.1 Å². The first-order chi connectivity index (χ1) is 8.91. The predicted molar refractivity (Wildman–Crippen MR) is 71.0 cm³/mol. The summed E-state index contributed by atoms with van der Waals surface area (Å²) in [5.74, 6) is 0.477. The molecular weight excluding hydrogens is 246 g/mol. The highest BCUT2D eigenvalue weighted by molar-refractivity contribution is 5.43. The van der Waals surface area contributed by atoms with E-state index >= 15 is 0 Å². The van der Waals surface area contributed by atoms with Gasteiger partial charge in [-0.15, -0.1) is 0 Å². The van der Waals surface area contributed by atoms with Crippen LogP contribution in [0.5, 0.6) is 5.75 Å². The molecule has 0 bridgehead atoms. The highest BCUT2D eigenvalue weighted by Gasteiger charge is 2.21. The number of ether oxygens (including phenoxy) is 1. The number of nitriles is 1. The van der Waals surface area contributed by atoms with E-state index in [2.05, 4.69) is 11.4 Å². The zero-order valence-electron chi connectivity index (χ0n) is 11.3. The van der Waals surface area contributed by atoms with Gasteiger partial charge >= 0.3 is 0 Å². The third-order valence-corrected chi connectivity index (χ3v) is 3.04. The Balaban J connectivity index is 2.71. The molecule has 1 aromatic rings. The molecule has 0 amide bonds. The standard InChI is InChI=1S/C13H17N3O3/c1-10-4-5-11(16(17)18)8-12(10)19-7-6-13(2,9-14)15-3/h4-5,8,15H,6-7H2,1-3H3. The van der Waals surface area contributed by atoms with Gasteiger partial charge < -0.3 is 10.1 Å². The number of aryl methyl sites for hydroxylation is 1. The maximum Gasteiger partial charge on any atom is 0.273 e. The molecule has 1 unspecified atom stereocenters. The fourth-order valence-corrected chi connectivity index (χ4v) is 1.46. The summed E-state index contributed by atoms with van der Waals surface area (Å²) in [5, 5.41) is 22.6. The van der Waals surface area contributed by atoms with Crippen molar-refractivity contribution >= 4 is 5.69 Å². The van der Waals surface area contributed by atoms with E-state index in [-0.39, 0.29) is 5.69 Å². The van der Waals surface area contributed by atoms with E-state index in [0.717, 1.165) is 5.56 Å². The van der Waals surface area contributed by atoms with E-state index in [0.29, 0.717) is 18.8 Å². The van der Waals surface area contributed by atoms with Crippen molar-refractivity contribution in [3.63, 3.8) is 0 Å². The first-order valence-corrected chi connectivity index (χ1v) is 5.90. The lowest BCUT2D eigenvalue weighted by Crippen LogP contribution is -2.39. The minimum Gasteiger partial charge on any atom is -0.493 e. The van der Waals surface area contributed by atoms with Gasteiger partial charge in [0.15, 0.2) is 0 Å². The molecular formula is C13H17N3O3. The number of nitro groups is 1. The number of benzene rings is 1. The second-order valence-electron chi connectivity index (χ2n) is 4.50. The van der Waals surface area contributed by atoms with Gasteiger partial charge in [0.2, 0.25) is 0 Å². The molecule has 0 saturated carbocycles. The third kappa shape index (κ3) is 3.93. The Morgan fingerprint density at radius 1 is 1.58 bits per heavy atom. The Hall–Kier alpha value is -2.13. The molecule has 6 heteroatoms. The van der Waals surface area contributed by atoms with Crippen LogP contribution in [0.25, 0.3) is 0 Å². The van der Waals surface area contributed by atoms with Crippen LogP contribution in [0.2, 0.25) is 0 Å². The van der Waals surface area contributed by atoms with Crippen molar-refractivity contribution in [3.05, 3.63) is 33.9 Å². The van der Waals surface area contributed by atoms with Crippen LogP contribution in [-0.4, -0.2) is 24.1 Å². The molecule has 102 valence electrons. The second-order valence-corrected chi connectivity index (χ2v) is 4.50. The normalized spacial score (nSPS) is 13.4. The second kappa shape index (κ2) is 6.16. The van der Waals surface area contributed by atoms with Crippen LogP contribution in [0.15, 0.2) is 18.2 Å². The summed E-state index contributed by atoms with van der Waals surface area (Å²) in [4.78, 5) is 10.2. The molecule has 0 aliphatic carbocycles. The number of non-ortho nitro benzene ring substituents is 1. The smallest absolute Gasteiger partial charge is 0.273 e. The van der Waals surface area contributed by atoms with Gasteiger partial charge in [-0.2, -0.15) is 5.26 Å². The minimum atomic E-state index is -0.658. The number of nitro benzene ring substituents is 1. The Bertz CT molecular complexity index is 510. The molecule has 0 radical (unpaired) electrons. The molecule has 0 aliphatic heterocycles. The van der Waals surface area contributed by atoms with Gasteiger partial charge in [-0.25, -0.2) is 0 Å². The van der Waals surface area contributed by atoms with E-state index < -0.39 is 10.5 Å². The average Bonchev–Trinajstić information content (AvgIpc) is 2.40. The summed E-state index contributed by atoms with van der Waals surface area (Å²) in [6, 6.07) is 6.65. The van der Waals surface area contributed by atoms with Gasteiger partial charge in [0, 0.05) is 12.5 Å². The monoisotopic (exact) mass is 263 g/mol. The summed E-state index contributed by atoms with van der Waals surface area (Å²) < 4.78 is 5.53. The molecule has 0 spiro atoms. The van der Waals surface area contributed by atoms with E-state index in [9.17, 15) is 10.1 Å². The molecule has 0 aliphatic rings. The molecule has 0 heterocycles. The van der Waals surface area contributed by atoms with Crippen LogP contribution >= 0.6 is 0 Å². The average molecular weight is 263 g/mol. The molecule has 1 aromatic carbocycles. The van der Waals surface area contributed by atoms with Gasteiger partial charge in [-0.3, -0.25) is 10.1 Å². The summed E-state index contributed by atoms with van der Waals surface area (Å²) in [7, 11) is 1.71. The van der Waals surface area contributed by atoms with Gasteiger partial charge in [0.05, 0.1) is 23.7 Å². The lowest BCUT2D eigenvalue weighted by atomic mass is 10.0. The number of hydrogen-bond acceptors (Lipinski definition) is 5. The first-order valence-electron chi connectivity index (χ1n) is 5.90. The van der Waals surface area contributed by atoms with E-state index in [1.807, 2.05) is 6.92 Å². The fourth-order valence-electron chi connectivity index (χ4n) is 1.46. The van der Waals surface area contributed by atoms with E-state index in [1.54, 1.807) is 20.0 Å². The Morgan fingerprint density at radius 2 is 2.26 bits per heavy atom. The van der Waals surface area contributed by atoms with Crippen LogP contribution in [0.3, 0.4) is 0 Å². The number of nitrogens with zero attached hydrogens (tertiary/aromatic N) is 2. The van der Waals surface area contributed by atoms with Gasteiger partial charge in [-0.1, -0.05) is 0 Å². The van der Waals surface area contributed by atoms with Crippen molar-refractivity contribution in [2.45, 2.75) is 25.8 Å². The maximum atomic E-state index is 10.7. The molecule has 0 fully saturated rings. The summed E-state index contributed by atoms with van der Waals surface area (Å²) >= 11 is 0. The van der Waals surface area contributed by atoms with Crippen LogP contribution in [-0.2, 0) is 0 Å².